The number of amides is 1. The lowest BCUT2D eigenvalue weighted by Crippen LogP contribution is -2.38. The number of carbonyl (C=O) groups is 1. The minimum Gasteiger partial charge on any atom is -0.359 e. The van der Waals surface area contributed by atoms with E-state index in [0.717, 1.165) is 5.69 Å². The Morgan fingerprint density at radius 2 is 2.07 bits per heavy atom. The standard InChI is InChI=1S/C18H21F4N3O2/c1-12(27-11-18(20,21)22)17(26)25(2)8-4-7-15-10-16(24-23-15)13-5-3-6-14(19)9-13/h3,5-6,9-10,12H,4,7-8,11H2,1-2H3,(H,23,24). The molecule has 1 unspecified atom stereocenters. The number of carbonyl (C=O) groups excluding carboxylic acids is 1. The molecular weight excluding hydrogens is 366 g/mol. The molecule has 148 valence electrons. The molecule has 1 aromatic heterocycles. The van der Waals surface area contributed by atoms with Crippen molar-refractivity contribution >= 4 is 5.91 Å². The number of nitrogens with zero attached hydrogens (tertiary/aromatic N) is 2. The van der Waals surface area contributed by atoms with E-state index in [1.54, 1.807) is 18.2 Å². The molecule has 9 heteroatoms. The number of aromatic nitrogens is 2. The molecule has 0 fully saturated rings. The molecule has 27 heavy (non-hydrogen) atoms. The fraction of sp³-hybridized carbons (Fsp3) is 0.444. The summed E-state index contributed by atoms with van der Waals surface area (Å²) < 4.78 is 54.2. The van der Waals surface area contributed by atoms with Crippen LogP contribution in [0, 0.1) is 5.82 Å². The highest BCUT2D eigenvalue weighted by molar-refractivity contribution is 5.80. The molecule has 0 saturated carbocycles. The SMILES string of the molecule is CC(OCC(F)(F)F)C(=O)N(C)CCCc1cc(-c2cccc(F)c2)n[nH]1. The lowest BCUT2D eigenvalue weighted by atomic mass is 10.1. The van der Waals surface area contributed by atoms with Gasteiger partial charge in [-0.05, 0) is 38.0 Å². The zero-order valence-electron chi connectivity index (χ0n) is 15.0. The fourth-order valence-corrected chi connectivity index (χ4v) is 2.50. The minimum atomic E-state index is -4.47. The molecule has 0 saturated heterocycles. The van der Waals surface area contributed by atoms with Crippen LogP contribution < -0.4 is 0 Å². The van der Waals surface area contributed by atoms with Crippen molar-refractivity contribution < 1.29 is 27.1 Å². The van der Waals surface area contributed by atoms with Crippen LogP contribution in [0.2, 0.25) is 0 Å². The predicted octanol–water partition coefficient (Wildman–Crippen LogP) is 3.57. The van der Waals surface area contributed by atoms with Crippen molar-refractivity contribution in [1.82, 2.24) is 15.1 Å². The van der Waals surface area contributed by atoms with Gasteiger partial charge in [-0.2, -0.15) is 18.3 Å². The third-order valence-electron chi connectivity index (χ3n) is 3.91. The van der Waals surface area contributed by atoms with Crippen LogP contribution in [0.3, 0.4) is 0 Å². The van der Waals surface area contributed by atoms with Gasteiger partial charge >= 0.3 is 6.18 Å². The van der Waals surface area contributed by atoms with Crippen LogP contribution in [0.15, 0.2) is 30.3 Å². The van der Waals surface area contributed by atoms with E-state index < -0.39 is 24.8 Å². The Morgan fingerprint density at radius 3 is 2.74 bits per heavy atom. The Bertz CT molecular complexity index is 761. The van der Waals surface area contributed by atoms with E-state index in [0.29, 0.717) is 30.6 Å². The van der Waals surface area contributed by atoms with Crippen LogP contribution in [-0.2, 0) is 16.0 Å². The average molecular weight is 387 g/mol. The molecule has 0 aliphatic carbocycles. The Labute approximate surface area is 154 Å². The van der Waals surface area contributed by atoms with E-state index in [2.05, 4.69) is 14.9 Å². The van der Waals surface area contributed by atoms with Crippen molar-refractivity contribution in [3.8, 4) is 11.3 Å². The van der Waals surface area contributed by atoms with Crippen molar-refractivity contribution in [2.24, 2.45) is 0 Å². The molecule has 1 N–H and O–H groups in total. The van der Waals surface area contributed by atoms with Gasteiger partial charge in [0.25, 0.3) is 5.91 Å². The number of hydrogen-bond acceptors (Lipinski definition) is 3. The number of H-pyrrole nitrogens is 1. The number of ether oxygens (including phenoxy) is 1. The number of aromatic amines is 1. The maximum Gasteiger partial charge on any atom is 0.411 e. The van der Waals surface area contributed by atoms with Gasteiger partial charge in [0.05, 0.1) is 5.69 Å². The molecule has 1 amide bonds. The Balaban J connectivity index is 1.79. The average Bonchev–Trinajstić information content (AvgIpc) is 3.07. The summed E-state index contributed by atoms with van der Waals surface area (Å²) in [4.78, 5) is 13.3. The van der Waals surface area contributed by atoms with Crippen molar-refractivity contribution in [2.75, 3.05) is 20.2 Å². The lowest BCUT2D eigenvalue weighted by molar-refractivity contribution is -0.188. The van der Waals surface area contributed by atoms with Gasteiger partial charge in [-0.3, -0.25) is 9.89 Å². The fourth-order valence-electron chi connectivity index (χ4n) is 2.50. The first-order chi connectivity index (χ1) is 12.7. The van der Waals surface area contributed by atoms with Crippen LogP contribution in [0.1, 0.15) is 19.0 Å². The molecular formula is C18H21F4N3O2. The number of benzene rings is 1. The van der Waals surface area contributed by atoms with Gasteiger partial charge in [0, 0.05) is 24.8 Å². The minimum absolute atomic E-state index is 0.348. The van der Waals surface area contributed by atoms with E-state index in [1.807, 2.05) is 0 Å². The largest absolute Gasteiger partial charge is 0.411 e. The van der Waals surface area contributed by atoms with E-state index in [-0.39, 0.29) is 5.82 Å². The molecule has 1 heterocycles. The Kier molecular flexibility index (Phi) is 6.95. The first kappa shape index (κ1) is 20.9. The summed E-state index contributed by atoms with van der Waals surface area (Å²) in [5, 5.41) is 7.00. The van der Waals surface area contributed by atoms with Gasteiger partial charge in [0.1, 0.15) is 18.5 Å². The lowest BCUT2D eigenvalue weighted by Gasteiger charge is -2.22. The summed E-state index contributed by atoms with van der Waals surface area (Å²) in [7, 11) is 1.51. The smallest absolute Gasteiger partial charge is 0.359 e. The third kappa shape index (κ3) is 6.67. The van der Waals surface area contributed by atoms with Gasteiger partial charge in [0.15, 0.2) is 0 Å². The molecule has 0 radical (unpaired) electrons. The van der Waals surface area contributed by atoms with Gasteiger partial charge < -0.3 is 9.64 Å². The molecule has 5 nitrogen and oxygen atoms in total. The van der Waals surface area contributed by atoms with E-state index in [4.69, 9.17) is 0 Å². The molecule has 0 spiro atoms. The number of aryl methyl sites for hydroxylation is 1. The first-order valence-corrected chi connectivity index (χ1v) is 8.39. The normalized spacial score (nSPS) is 12.8. The summed E-state index contributed by atoms with van der Waals surface area (Å²) in [5.74, 6) is -0.858. The van der Waals surface area contributed by atoms with Crippen LogP contribution in [0.4, 0.5) is 17.6 Å². The number of rotatable bonds is 8. The zero-order chi connectivity index (χ0) is 20.0. The van der Waals surface area contributed by atoms with Gasteiger partial charge in [-0.1, -0.05) is 12.1 Å². The molecule has 2 rings (SSSR count). The molecule has 1 aromatic carbocycles. The van der Waals surface area contributed by atoms with Crippen LogP contribution in [0.5, 0.6) is 0 Å². The number of hydrogen-bond donors (Lipinski definition) is 1. The van der Waals surface area contributed by atoms with Gasteiger partial charge in [0.2, 0.25) is 0 Å². The van der Waals surface area contributed by atoms with E-state index in [1.165, 1.54) is 31.0 Å². The molecule has 0 aliphatic heterocycles. The topological polar surface area (TPSA) is 58.2 Å². The summed E-state index contributed by atoms with van der Waals surface area (Å²) in [6.07, 6.45) is -4.47. The van der Waals surface area contributed by atoms with E-state index in [9.17, 15) is 22.4 Å². The van der Waals surface area contributed by atoms with Gasteiger partial charge in [-0.25, -0.2) is 4.39 Å². The summed E-state index contributed by atoms with van der Waals surface area (Å²) in [6, 6.07) is 7.88. The van der Waals surface area contributed by atoms with Gasteiger partial charge in [-0.15, -0.1) is 0 Å². The summed E-state index contributed by atoms with van der Waals surface area (Å²) in [6.45, 7) is 0.197. The predicted molar refractivity (Wildman–Crippen MR) is 91.4 cm³/mol. The monoisotopic (exact) mass is 387 g/mol. The van der Waals surface area contributed by atoms with Crippen molar-refractivity contribution in [3.63, 3.8) is 0 Å². The zero-order valence-corrected chi connectivity index (χ0v) is 15.0. The number of halogens is 4. The molecule has 2 aromatic rings. The highest BCUT2D eigenvalue weighted by Gasteiger charge is 2.30. The third-order valence-corrected chi connectivity index (χ3v) is 3.91. The number of nitrogens with one attached hydrogen (secondary N) is 1. The van der Waals surface area contributed by atoms with E-state index >= 15 is 0 Å². The highest BCUT2D eigenvalue weighted by Crippen LogP contribution is 2.19. The van der Waals surface area contributed by atoms with Crippen LogP contribution >= 0.6 is 0 Å². The number of alkyl halides is 3. The molecule has 1 atom stereocenters. The second kappa shape index (κ2) is 8.98. The highest BCUT2D eigenvalue weighted by atomic mass is 19.4. The van der Waals surface area contributed by atoms with Crippen molar-refractivity contribution in [1.29, 1.82) is 0 Å². The Hall–Kier alpha value is -2.42. The Morgan fingerprint density at radius 1 is 1.33 bits per heavy atom. The maximum absolute atomic E-state index is 13.3. The number of likely N-dealkylation sites (N-methyl/N-ethyl adjacent to an activating group) is 1. The second-order valence-electron chi connectivity index (χ2n) is 6.22. The quantitative estimate of drug-likeness (QED) is 0.705. The first-order valence-electron chi connectivity index (χ1n) is 8.39. The molecule has 0 aliphatic rings. The summed E-state index contributed by atoms with van der Waals surface area (Å²) >= 11 is 0. The second-order valence-corrected chi connectivity index (χ2v) is 6.22. The van der Waals surface area contributed by atoms with Crippen molar-refractivity contribution in [2.45, 2.75) is 32.0 Å². The van der Waals surface area contributed by atoms with Crippen LogP contribution in [-0.4, -0.2) is 53.5 Å². The van der Waals surface area contributed by atoms with Crippen molar-refractivity contribution in [3.05, 3.63) is 41.8 Å². The van der Waals surface area contributed by atoms with Crippen LogP contribution in [0.25, 0.3) is 11.3 Å². The molecule has 0 bridgehead atoms. The maximum atomic E-state index is 13.3. The summed E-state index contributed by atoms with van der Waals surface area (Å²) in [5.41, 5.74) is 2.08.